The van der Waals surface area contributed by atoms with Crippen molar-refractivity contribution in [3.8, 4) is 5.75 Å². The molecule has 2 saturated heterocycles. The number of piperidine rings is 1. The van der Waals surface area contributed by atoms with Crippen LogP contribution >= 0.6 is 0 Å². The molecule has 9 heteroatoms. The monoisotopic (exact) mass is 427 g/mol. The zero-order valence-electron chi connectivity index (χ0n) is 17.2. The van der Waals surface area contributed by atoms with Crippen molar-refractivity contribution in [2.24, 2.45) is 0 Å². The summed E-state index contributed by atoms with van der Waals surface area (Å²) < 4.78 is 25.5. The highest BCUT2D eigenvalue weighted by molar-refractivity contribution is 5.87. The third-order valence-electron chi connectivity index (χ3n) is 5.29. The second-order valence-electron chi connectivity index (χ2n) is 7.61. The molecule has 0 radical (unpaired) electrons. The lowest BCUT2D eigenvalue weighted by Gasteiger charge is -2.32. The molecule has 2 atom stereocenters. The van der Waals surface area contributed by atoms with Gasteiger partial charge in [-0.2, -0.15) is 4.98 Å². The predicted molar refractivity (Wildman–Crippen MR) is 115 cm³/mol. The molecule has 164 valence electrons. The molecule has 2 aromatic rings. The summed E-state index contributed by atoms with van der Waals surface area (Å²) in [6.07, 6.45) is 5.06. The molecule has 2 fully saturated rings. The van der Waals surface area contributed by atoms with Crippen LogP contribution in [0.4, 0.5) is 21.8 Å². The van der Waals surface area contributed by atoms with Crippen LogP contribution in [0.15, 0.2) is 43.1 Å². The molecule has 2 N–H and O–H groups in total. The van der Waals surface area contributed by atoms with Crippen molar-refractivity contribution in [3.05, 3.63) is 48.9 Å². The summed E-state index contributed by atoms with van der Waals surface area (Å²) >= 11 is 0. The van der Waals surface area contributed by atoms with Gasteiger partial charge in [-0.25, -0.2) is 9.37 Å². The third kappa shape index (κ3) is 5.49. The van der Waals surface area contributed by atoms with Crippen molar-refractivity contribution < 1.29 is 18.7 Å². The fourth-order valence-corrected chi connectivity index (χ4v) is 3.69. The maximum Gasteiger partial charge on any atom is 0.246 e. The summed E-state index contributed by atoms with van der Waals surface area (Å²) in [6.45, 7) is 6.02. The SMILES string of the molecule is C=CC(=O)N1CCCC(Nc2nc(Nc3ccc(O[C@H]4CCOC4)cc3)ncc2F)C1. The van der Waals surface area contributed by atoms with E-state index in [4.69, 9.17) is 9.47 Å². The Labute approximate surface area is 180 Å². The van der Waals surface area contributed by atoms with Crippen molar-refractivity contribution in [2.45, 2.75) is 31.4 Å². The highest BCUT2D eigenvalue weighted by atomic mass is 19.1. The minimum absolute atomic E-state index is 0.0883. The number of likely N-dealkylation sites (tertiary alicyclic amines) is 1. The van der Waals surface area contributed by atoms with Gasteiger partial charge in [0.15, 0.2) is 11.6 Å². The van der Waals surface area contributed by atoms with Gasteiger partial charge >= 0.3 is 0 Å². The highest BCUT2D eigenvalue weighted by Gasteiger charge is 2.23. The van der Waals surface area contributed by atoms with Gasteiger partial charge in [0.1, 0.15) is 11.9 Å². The Balaban J connectivity index is 1.38. The summed E-state index contributed by atoms with van der Waals surface area (Å²) in [4.78, 5) is 21.9. The summed E-state index contributed by atoms with van der Waals surface area (Å²) in [7, 11) is 0. The van der Waals surface area contributed by atoms with Crippen LogP contribution in [-0.2, 0) is 9.53 Å². The molecule has 1 aromatic heterocycles. The van der Waals surface area contributed by atoms with Gasteiger partial charge in [-0.3, -0.25) is 4.79 Å². The van der Waals surface area contributed by atoms with Crippen molar-refractivity contribution in [3.63, 3.8) is 0 Å². The summed E-state index contributed by atoms with van der Waals surface area (Å²) in [6, 6.07) is 7.33. The van der Waals surface area contributed by atoms with Crippen molar-refractivity contribution in [1.29, 1.82) is 0 Å². The minimum atomic E-state index is -0.541. The van der Waals surface area contributed by atoms with E-state index in [-0.39, 0.29) is 29.8 Å². The molecule has 2 aliphatic heterocycles. The Kier molecular flexibility index (Phi) is 6.61. The molecular formula is C22H26FN5O3. The zero-order valence-corrected chi connectivity index (χ0v) is 17.2. The smallest absolute Gasteiger partial charge is 0.246 e. The number of ether oxygens (including phenoxy) is 2. The molecular weight excluding hydrogens is 401 g/mol. The molecule has 8 nitrogen and oxygen atoms in total. The molecule has 0 aliphatic carbocycles. The number of amides is 1. The van der Waals surface area contributed by atoms with E-state index in [1.54, 1.807) is 4.90 Å². The van der Waals surface area contributed by atoms with Gasteiger partial charge < -0.3 is 25.0 Å². The zero-order chi connectivity index (χ0) is 21.6. The first kappa shape index (κ1) is 21.0. The predicted octanol–water partition coefficient (Wildman–Crippen LogP) is 3.12. The topological polar surface area (TPSA) is 88.6 Å². The number of hydrogen-bond donors (Lipinski definition) is 2. The van der Waals surface area contributed by atoms with Gasteiger partial charge in [0.05, 0.1) is 19.4 Å². The number of nitrogens with zero attached hydrogens (tertiary/aromatic N) is 3. The quantitative estimate of drug-likeness (QED) is 0.657. The Morgan fingerprint density at radius 1 is 1.32 bits per heavy atom. The largest absolute Gasteiger partial charge is 0.488 e. The maximum absolute atomic E-state index is 14.3. The van der Waals surface area contributed by atoms with E-state index in [1.165, 1.54) is 6.08 Å². The molecule has 3 heterocycles. The molecule has 0 saturated carbocycles. The standard InChI is InChI=1S/C22H26FN5O3/c1-2-20(29)28-10-3-4-16(13-28)25-21-19(23)12-24-22(27-21)26-15-5-7-17(8-6-15)31-18-9-11-30-14-18/h2,5-8,12,16,18H,1,3-4,9-11,13-14H2,(H2,24,25,26,27)/t16?,18-/m0/s1. The second-order valence-corrected chi connectivity index (χ2v) is 7.61. The number of benzene rings is 1. The number of aromatic nitrogens is 2. The molecule has 1 unspecified atom stereocenters. The number of anilines is 3. The van der Waals surface area contributed by atoms with Crippen LogP contribution in [0.25, 0.3) is 0 Å². The molecule has 0 bridgehead atoms. The number of rotatable bonds is 7. The lowest BCUT2D eigenvalue weighted by Crippen LogP contribution is -2.44. The Morgan fingerprint density at radius 3 is 2.90 bits per heavy atom. The van der Waals surface area contributed by atoms with Gasteiger partial charge in [-0.1, -0.05) is 6.58 Å². The summed E-state index contributed by atoms with van der Waals surface area (Å²) in [5, 5.41) is 6.19. The maximum atomic E-state index is 14.3. The van der Waals surface area contributed by atoms with Gasteiger partial charge in [-0.15, -0.1) is 0 Å². The van der Waals surface area contributed by atoms with Gasteiger partial charge in [-0.05, 0) is 43.2 Å². The fraction of sp³-hybridized carbons (Fsp3) is 0.409. The molecule has 1 aromatic carbocycles. The third-order valence-corrected chi connectivity index (χ3v) is 5.29. The number of carbonyl (C=O) groups is 1. The van der Waals surface area contributed by atoms with Crippen molar-refractivity contribution in [1.82, 2.24) is 14.9 Å². The van der Waals surface area contributed by atoms with E-state index in [0.717, 1.165) is 43.5 Å². The summed E-state index contributed by atoms with van der Waals surface area (Å²) in [5.41, 5.74) is 0.757. The number of carbonyl (C=O) groups excluding carboxylic acids is 1. The summed E-state index contributed by atoms with van der Waals surface area (Å²) in [5.74, 6) is 0.484. The van der Waals surface area contributed by atoms with Crippen LogP contribution in [0.2, 0.25) is 0 Å². The van der Waals surface area contributed by atoms with Gasteiger partial charge in [0, 0.05) is 31.2 Å². The number of hydrogen-bond acceptors (Lipinski definition) is 7. The van der Waals surface area contributed by atoms with E-state index in [9.17, 15) is 9.18 Å². The first-order valence-corrected chi connectivity index (χ1v) is 10.4. The van der Waals surface area contributed by atoms with Crippen LogP contribution in [0, 0.1) is 5.82 Å². The Bertz CT molecular complexity index is 918. The van der Waals surface area contributed by atoms with Crippen molar-refractivity contribution in [2.75, 3.05) is 36.9 Å². The van der Waals surface area contributed by atoms with Crippen LogP contribution < -0.4 is 15.4 Å². The Hall–Kier alpha value is -3.20. The first-order valence-electron chi connectivity index (χ1n) is 10.4. The average molecular weight is 427 g/mol. The molecule has 31 heavy (non-hydrogen) atoms. The first-order chi connectivity index (χ1) is 15.1. The highest BCUT2D eigenvalue weighted by Crippen LogP contribution is 2.23. The van der Waals surface area contributed by atoms with E-state index in [2.05, 4.69) is 27.2 Å². The molecule has 4 rings (SSSR count). The van der Waals surface area contributed by atoms with Crippen LogP contribution in [0.3, 0.4) is 0 Å². The van der Waals surface area contributed by atoms with Crippen LogP contribution in [-0.4, -0.2) is 59.2 Å². The van der Waals surface area contributed by atoms with Gasteiger partial charge in [0.25, 0.3) is 0 Å². The van der Waals surface area contributed by atoms with Gasteiger partial charge in [0.2, 0.25) is 11.9 Å². The average Bonchev–Trinajstić information content (AvgIpc) is 3.30. The van der Waals surface area contributed by atoms with E-state index in [0.29, 0.717) is 19.7 Å². The molecule has 2 aliphatic rings. The fourth-order valence-electron chi connectivity index (χ4n) is 3.69. The lowest BCUT2D eigenvalue weighted by molar-refractivity contribution is -0.127. The second kappa shape index (κ2) is 9.74. The van der Waals surface area contributed by atoms with Crippen molar-refractivity contribution >= 4 is 23.4 Å². The van der Waals surface area contributed by atoms with Crippen LogP contribution in [0.5, 0.6) is 5.75 Å². The Morgan fingerprint density at radius 2 is 2.16 bits per heavy atom. The van der Waals surface area contributed by atoms with Crippen LogP contribution in [0.1, 0.15) is 19.3 Å². The number of halogens is 1. The number of nitrogens with one attached hydrogen (secondary N) is 2. The van der Waals surface area contributed by atoms with E-state index < -0.39 is 5.82 Å². The normalized spacial score (nSPS) is 20.9. The lowest BCUT2D eigenvalue weighted by atomic mass is 10.1. The molecule has 0 spiro atoms. The minimum Gasteiger partial charge on any atom is -0.488 e. The van der Waals surface area contributed by atoms with E-state index in [1.807, 2.05) is 24.3 Å². The molecule has 1 amide bonds. The van der Waals surface area contributed by atoms with E-state index >= 15 is 0 Å².